The Morgan fingerprint density at radius 1 is 0.950 bits per heavy atom. The predicted octanol–water partition coefficient (Wildman–Crippen LogP) is 4.23. The van der Waals surface area contributed by atoms with Gasteiger partial charge in [0.15, 0.2) is 34.8 Å². The SMILES string of the molecule is CCC(=O)c1ccc(-c2c(F)c(F)c(F)c(F)c2F)o1. The summed E-state index contributed by atoms with van der Waals surface area (Å²) in [6, 6.07) is 2.08. The molecule has 0 fully saturated rings. The molecular weight excluding hydrogens is 283 g/mol. The van der Waals surface area contributed by atoms with Gasteiger partial charge in [-0.1, -0.05) is 6.92 Å². The molecule has 0 atom stereocenters. The molecule has 0 radical (unpaired) electrons. The van der Waals surface area contributed by atoms with Gasteiger partial charge < -0.3 is 4.42 Å². The first-order chi connectivity index (χ1) is 9.38. The Kier molecular flexibility index (Phi) is 3.61. The van der Waals surface area contributed by atoms with E-state index >= 15 is 0 Å². The van der Waals surface area contributed by atoms with Crippen LogP contribution in [0.1, 0.15) is 23.9 Å². The Bertz CT molecular complexity index is 661. The molecule has 2 nitrogen and oxygen atoms in total. The minimum Gasteiger partial charge on any atom is -0.453 e. The fourth-order valence-electron chi connectivity index (χ4n) is 1.62. The van der Waals surface area contributed by atoms with Crippen LogP contribution in [0.4, 0.5) is 22.0 Å². The summed E-state index contributed by atoms with van der Waals surface area (Å²) in [5.74, 6) is -11.7. The summed E-state index contributed by atoms with van der Waals surface area (Å²) in [4.78, 5) is 11.3. The lowest BCUT2D eigenvalue weighted by Crippen LogP contribution is -2.03. The molecule has 0 aliphatic carbocycles. The number of halogens is 5. The van der Waals surface area contributed by atoms with Gasteiger partial charge in [0.1, 0.15) is 5.76 Å². The van der Waals surface area contributed by atoms with Crippen molar-refractivity contribution in [1.82, 2.24) is 0 Å². The maximum atomic E-state index is 13.5. The second-order valence-electron chi connectivity index (χ2n) is 3.89. The normalized spacial score (nSPS) is 10.9. The summed E-state index contributed by atoms with van der Waals surface area (Å²) in [5.41, 5.74) is -1.20. The van der Waals surface area contributed by atoms with Crippen molar-refractivity contribution in [1.29, 1.82) is 0 Å². The van der Waals surface area contributed by atoms with Crippen molar-refractivity contribution in [3.8, 4) is 11.3 Å². The van der Waals surface area contributed by atoms with Crippen LogP contribution in [0.5, 0.6) is 0 Å². The average Bonchev–Trinajstić information content (AvgIpc) is 2.92. The largest absolute Gasteiger partial charge is 0.453 e. The van der Waals surface area contributed by atoms with Crippen molar-refractivity contribution in [2.75, 3.05) is 0 Å². The molecule has 0 amide bonds. The van der Waals surface area contributed by atoms with Gasteiger partial charge in [0.05, 0.1) is 5.56 Å². The third-order valence-corrected chi connectivity index (χ3v) is 2.66. The molecular formula is C13H7F5O2. The van der Waals surface area contributed by atoms with Crippen molar-refractivity contribution in [3.63, 3.8) is 0 Å². The van der Waals surface area contributed by atoms with Gasteiger partial charge in [-0.25, -0.2) is 22.0 Å². The van der Waals surface area contributed by atoms with Crippen LogP contribution in [0, 0.1) is 29.1 Å². The zero-order valence-corrected chi connectivity index (χ0v) is 10.1. The van der Waals surface area contributed by atoms with E-state index in [0.29, 0.717) is 0 Å². The molecule has 0 spiro atoms. The van der Waals surface area contributed by atoms with E-state index < -0.39 is 46.2 Å². The average molecular weight is 290 g/mol. The van der Waals surface area contributed by atoms with Gasteiger partial charge in [-0.05, 0) is 12.1 Å². The molecule has 1 aromatic heterocycles. The van der Waals surface area contributed by atoms with E-state index in [-0.39, 0.29) is 12.2 Å². The second kappa shape index (κ2) is 5.07. The summed E-state index contributed by atoms with van der Waals surface area (Å²) < 4.78 is 70.9. The van der Waals surface area contributed by atoms with Crippen molar-refractivity contribution >= 4 is 5.78 Å². The lowest BCUT2D eigenvalue weighted by molar-refractivity contribution is 0.0962. The first-order valence-electron chi connectivity index (χ1n) is 5.53. The van der Waals surface area contributed by atoms with Gasteiger partial charge in [-0.2, -0.15) is 0 Å². The van der Waals surface area contributed by atoms with E-state index in [0.717, 1.165) is 12.1 Å². The van der Waals surface area contributed by atoms with Crippen molar-refractivity contribution in [2.24, 2.45) is 0 Å². The van der Waals surface area contributed by atoms with E-state index in [1.807, 2.05) is 0 Å². The Hall–Kier alpha value is -2.18. The number of benzene rings is 1. The minimum atomic E-state index is -2.25. The molecule has 106 valence electrons. The van der Waals surface area contributed by atoms with E-state index in [9.17, 15) is 26.7 Å². The Balaban J connectivity index is 2.64. The molecule has 2 rings (SSSR count). The first-order valence-corrected chi connectivity index (χ1v) is 5.53. The number of carbonyl (C=O) groups excluding carboxylic acids is 1. The van der Waals surface area contributed by atoms with Crippen LogP contribution in [-0.4, -0.2) is 5.78 Å². The standard InChI is InChI=1S/C13H7F5O2/c1-2-5(19)6-3-4-7(20-6)8-9(14)11(16)13(18)12(17)10(8)15/h3-4H,2H2,1H3. The molecule has 2 aromatic rings. The smallest absolute Gasteiger partial charge is 0.200 e. The Morgan fingerprint density at radius 2 is 1.45 bits per heavy atom. The van der Waals surface area contributed by atoms with Gasteiger partial charge in [-0.15, -0.1) is 0 Å². The highest BCUT2D eigenvalue weighted by atomic mass is 19.2. The lowest BCUT2D eigenvalue weighted by Gasteiger charge is -2.05. The lowest BCUT2D eigenvalue weighted by atomic mass is 10.1. The fraction of sp³-hybridized carbons (Fsp3) is 0.154. The number of ketones is 1. The number of furan rings is 1. The first kappa shape index (κ1) is 14.2. The van der Waals surface area contributed by atoms with Gasteiger partial charge in [0.2, 0.25) is 5.82 Å². The fourth-order valence-corrected chi connectivity index (χ4v) is 1.62. The molecule has 1 heterocycles. The molecule has 0 N–H and O–H groups in total. The third kappa shape index (κ3) is 2.09. The number of rotatable bonds is 3. The highest BCUT2D eigenvalue weighted by molar-refractivity contribution is 5.93. The zero-order valence-electron chi connectivity index (χ0n) is 10.1. The number of Topliss-reactive ketones (excluding diaryl/α,β-unsaturated/α-hetero) is 1. The van der Waals surface area contributed by atoms with Crippen LogP contribution < -0.4 is 0 Å². The molecule has 0 aliphatic heterocycles. The second-order valence-corrected chi connectivity index (χ2v) is 3.89. The predicted molar refractivity (Wildman–Crippen MR) is 58.6 cm³/mol. The Morgan fingerprint density at radius 3 is 1.95 bits per heavy atom. The third-order valence-electron chi connectivity index (χ3n) is 2.66. The van der Waals surface area contributed by atoms with Gasteiger partial charge >= 0.3 is 0 Å². The summed E-state index contributed by atoms with van der Waals surface area (Å²) in [7, 11) is 0. The van der Waals surface area contributed by atoms with Gasteiger partial charge in [0, 0.05) is 6.42 Å². The van der Waals surface area contributed by atoms with Crippen LogP contribution in [-0.2, 0) is 0 Å². The van der Waals surface area contributed by atoms with E-state index in [4.69, 9.17) is 4.42 Å². The molecule has 0 saturated heterocycles. The van der Waals surface area contributed by atoms with Crippen LogP contribution >= 0.6 is 0 Å². The molecule has 0 aliphatic rings. The van der Waals surface area contributed by atoms with Crippen LogP contribution in [0.3, 0.4) is 0 Å². The summed E-state index contributed by atoms with van der Waals surface area (Å²) in [6.45, 7) is 1.53. The number of carbonyl (C=O) groups is 1. The maximum Gasteiger partial charge on any atom is 0.200 e. The molecule has 0 unspecified atom stereocenters. The van der Waals surface area contributed by atoms with Crippen molar-refractivity contribution < 1.29 is 31.2 Å². The number of hydrogen-bond acceptors (Lipinski definition) is 2. The number of hydrogen-bond donors (Lipinski definition) is 0. The highest BCUT2D eigenvalue weighted by Gasteiger charge is 2.28. The van der Waals surface area contributed by atoms with Crippen LogP contribution in [0.15, 0.2) is 16.5 Å². The maximum absolute atomic E-state index is 13.5. The van der Waals surface area contributed by atoms with Crippen LogP contribution in [0.25, 0.3) is 11.3 Å². The molecule has 1 aromatic carbocycles. The van der Waals surface area contributed by atoms with E-state index in [2.05, 4.69) is 0 Å². The quantitative estimate of drug-likeness (QED) is 0.366. The van der Waals surface area contributed by atoms with Crippen molar-refractivity contribution in [2.45, 2.75) is 13.3 Å². The van der Waals surface area contributed by atoms with Gasteiger partial charge in [0.25, 0.3) is 0 Å². The molecule has 20 heavy (non-hydrogen) atoms. The van der Waals surface area contributed by atoms with E-state index in [1.54, 1.807) is 0 Å². The molecule has 0 saturated carbocycles. The minimum absolute atomic E-state index is 0.0735. The Labute approximate surface area is 109 Å². The monoisotopic (exact) mass is 290 g/mol. The molecule has 7 heteroatoms. The van der Waals surface area contributed by atoms with Gasteiger partial charge in [-0.3, -0.25) is 4.79 Å². The molecule has 0 bridgehead atoms. The summed E-state index contributed by atoms with van der Waals surface area (Å²) >= 11 is 0. The highest BCUT2D eigenvalue weighted by Crippen LogP contribution is 2.32. The summed E-state index contributed by atoms with van der Waals surface area (Å²) in [5, 5.41) is 0. The topological polar surface area (TPSA) is 30.2 Å². The zero-order chi connectivity index (χ0) is 15.0. The van der Waals surface area contributed by atoms with Crippen LogP contribution in [0.2, 0.25) is 0 Å². The van der Waals surface area contributed by atoms with E-state index in [1.165, 1.54) is 6.92 Å². The summed E-state index contributed by atoms with van der Waals surface area (Å²) in [6.07, 6.45) is 0.0735. The van der Waals surface area contributed by atoms with Crippen molar-refractivity contribution in [3.05, 3.63) is 47.0 Å².